The van der Waals surface area contributed by atoms with Crippen molar-refractivity contribution in [3.8, 4) is 5.75 Å². The van der Waals surface area contributed by atoms with Crippen LogP contribution < -0.4 is 15.4 Å². The van der Waals surface area contributed by atoms with Crippen LogP contribution in [0.1, 0.15) is 65.5 Å². The molecule has 2 aromatic carbocycles. The SMILES string of the molecule is CC(C)(C)OC(=O)N[C@@H](Cc1ccc(OC(C)(C)C)cc1)C(=O)N[C@H](CCCn1ccnc1)C(=O)OCc1ccccc1. The van der Waals surface area contributed by atoms with Crippen molar-refractivity contribution >= 4 is 18.0 Å². The number of aromatic nitrogens is 2. The Morgan fingerprint density at radius 3 is 2.16 bits per heavy atom. The van der Waals surface area contributed by atoms with E-state index in [0.717, 1.165) is 11.1 Å². The number of rotatable bonds is 13. The second-order valence-electron chi connectivity index (χ2n) is 12.4. The van der Waals surface area contributed by atoms with Gasteiger partial charge in [0.05, 0.1) is 6.33 Å². The Labute approximate surface area is 254 Å². The molecular weight excluding hydrogens is 548 g/mol. The second kappa shape index (κ2) is 15.2. The molecule has 0 saturated heterocycles. The highest BCUT2D eigenvalue weighted by Gasteiger charge is 2.29. The molecule has 10 nitrogen and oxygen atoms in total. The predicted octanol–water partition coefficient (Wildman–Crippen LogP) is 5.20. The Bertz CT molecular complexity index is 1300. The highest BCUT2D eigenvalue weighted by atomic mass is 16.6. The van der Waals surface area contributed by atoms with Crippen molar-refractivity contribution in [2.24, 2.45) is 0 Å². The van der Waals surface area contributed by atoms with Crippen LogP contribution in [0.5, 0.6) is 5.75 Å². The molecule has 2 N–H and O–H groups in total. The number of nitrogens with one attached hydrogen (secondary N) is 2. The van der Waals surface area contributed by atoms with E-state index in [9.17, 15) is 14.4 Å². The van der Waals surface area contributed by atoms with Crippen LogP contribution in [0.2, 0.25) is 0 Å². The fourth-order valence-electron chi connectivity index (χ4n) is 4.19. The third-order valence-electron chi connectivity index (χ3n) is 6.09. The summed E-state index contributed by atoms with van der Waals surface area (Å²) >= 11 is 0. The first kappa shape index (κ1) is 33.2. The fraction of sp³-hybridized carbons (Fsp3) is 0.455. The zero-order valence-corrected chi connectivity index (χ0v) is 26.0. The Kier molecular flexibility index (Phi) is 11.7. The molecule has 1 aromatic heterocycles. The molecule has 1 heterocycles. The Hall–Kier alpha value is -4.34. The molecule has 3 aromatic rings. The monoisotopic (exact) mass is 592 g/mol. The van der Waals surface area contributed by atoms with Crippen LogP contribution in [0.25, 0.3) is 0 Å². The van der Waals surface area contributed by atoms with Crippen LogP contribution in [-0.4, -0.2) is 50.8 Å². The van der Waals surface area contributed by atoms with Crippen molar-refractivity contribution in [1.82, 2.24) is 20.2 Å². The molecule has 0 aliphatic heterocycles. The molecule has 0 saturated carbocycles. The molecular formula is C33H44N4O6. The molecule has 0 bridgehead atoms. The third-order valence-corrected chi connectivity index (χ3v) is 6.09. The van der Waals surface area contributed by atoms with E-state index < -0.39 is 35.7 Å². The summed E-state index contributed by atoms with van der Waals surface area (Å²) in [6.45, 7) is 11.8. The van der Waals surface area contributed by atoms with Gasteiger partial charge in [-0.1, -0.05) is 42.5 Å². The lowest BCUT2D eigenvalue weighted by atomic mass is 10.0. The summed E-state index contributed by atoms with van der Waals surface area (Å²) in [6, 6.07) is 14.7. The van der Waals surface area contributed by atoms with Gasteiger partial charge in [-0.3, -0.25) is 4.79 Å². The van der Waals surface area contributed by atoms with Gasteiger partial charge < -0.3 is 29.4 Å². The summed E-state index contributed by atoms with van der Waals surface area (Å²) in [5.74, 6) is -0.385. The quantitative estimate of drug-likeness (QED) is 0.262. The number of imidazole rings is 1. The van der Waals surface area contributed by atoms with Crippen LogP contribution in [0.3, 0.4) is 0 Å². The van der Waals surface area contributed by atoms with E-state index >= 15 is 0 Å². The predicted molar refractivity (Wildman–Crippen MR) is 163 cm³/mol. The zero-order chi connectivity index (χ0) is 31.5. The number of benzene rings is 2. The molecule has 2 amide bonds. The van der Waals surface area contributed by atoms with E-state index in [4.69, 9.17) is 14.2 Å². The number of ether oxygens (including phenoxy) is 3. The summed E-state index contributed by atoms with van der Waals surface area (Å²) in [7, 11) is 0. The number of esters is 1. The average molecular weight is 593 g/mol. The van der Waals surface area contributed by atoms with Gasteiger partial charge in [0.2, 0.25) is 5.91 Å². The van der Waals surface area contributed by atoms with E-state index in [-0.39, 0.29) is 18.6 Å². The standard InChI is InChI=1S/C33H44N4O6/c1-32(2,3)42-26-16-14-24(15-17-26)21-28(36-31(40)43-33(4,5)6)29(38)35-27(13-10-19-37-20-18-34-23-37)30(39)41-22-25-11-8-7-9-12-25/h7-9,11-12,14-18,20,23,27-28H,10,13,19,21-22H2,1-6H3,(H,35,38)(H,36,40)/t27-,28+/m1/s1. The Balaban J connectivity index is 1.75. The van der Waals surface area contributed by atoms with Crippen LogP contribution >= 0.6 is 0 Å². The Morgan fingerprint density at radius 1 is 0.860 bits per heavy atom. The van der Waals surface area contributed by atoms with Gasteiger partial charge in [-0.2, -0.15) is 0 Å². The molecule has 0 aliphatic rings. The minimum atomic E-state index is -1.01. The van der Waals surface area contributed by atoms with Crippen LogP contribution in [-0.2, 0) is 38.6 Å². The number of nitrogens with zero attached hydrogens (tertiary/aromatic N) is 2. The third kappa shape index (κ3) is 12.6. The molecule has 3 rings (SSSR count). The van der Waals surface area contributed by atoms with Gasteiger partial charge in [-0.15, -0.1) is 0 Å². The van der Waals surface area contributed by atoms with Gasteiger partial charge in [0.1, 0.15) is 35.6 Å². The maximum atomic E-state index is 13.7. The van der Waals surface area contributed by atoms with E-state index in [0.29, 0.717) is 25.1 Å². The molecule has 0 radical (unpaired) electrons. The van der Waals surface area contributed by atoms with E-state index in [1.165, 1.54) is 0 Å². The van der Waals surface area contributed by atoms with Gasteiger partial charge >= 0.3 is 12.1 Å². The topological polar surface area (TPSA) is 121 Å². The highest BCUT2D eigenvalue weighted by molar-refractivity contribution is 5.90. The van der Waals surface area contributed by atoms with E-state index in [1.807, 2.05) is 86.1 Å². The maximum absolute atomic E-state index is 13.7. The van der Waals surface area contributed by atoms with Gasteiger partial charge in [0.25, 0.3) is 0 Å². The lowest BCUT2D eigenvalue weighted by Crippen LogP contribution is -2.53. The number of alkyl carbamates (subject to hydrolysis) is 1. The second-order valence-corrected chi connectivity index (χ2v) is 12.4. The van der Waals surface area contributed by atoms with Crippen LogP contribution in [0, 0.1) is 0 Å². The smallest absolute Gasteiger partial charge is 0.408 e. The normalized spacial score (nSPS) is 13.0. The highest BCUT2D eigenvalue weighted by Crippen LogP contribution is 2.19. The first-order valence-corrected chi connectivity index (χ1v) is 14.5. The number of amides is 2. The Morgan fingerprint density at radius 2 is 1.56 bits per heavy atom. The summed E-state index contributed by atoms with van der Waals surface area (Å²) in [5.41, 5.74) is 0.515. The van der Waals surface area contributed by atoms with Gasteiger partial charge in [0.15, 0.2) is 0 Å². The summed E-state index contributed by atoms with van der Waals surface area (Å²) in [5, 5.41) is 5.52. The summed E-state index contributed by atoms with van der Waals surface area (Å²) < 4.78 is 18.8. The number of carbonyl (C=O) groups is 3. The van der Waals surface area contributed by atoms with E-state index in [1.54, 1.807) is 33.3 Å². The van der Waals surface area contributed by atoms with Gasteiger partial charge in [0, 0.05) is 25.4 Å². The van der Waals surface area contributed by atoms with Crippen molar-refractivity contribution in [1.29, 1.82) is 0 Å². The number of carbonyl (C=O) groups excluding carboxylic acids is 3. The van der Waals surface area contributed by atoms with Crippen LogP contribution in [0.15, 0.2) is 73.3 Å². The number of aryl methyl sites for hydroxylation is 1. The first-order valence-electron chi connectivity index (χ1n) is 14.5. The molecule has 2 atom stereocenters. The summed E-state index contributed by atoms with van der Waals surface area (Å²) in [6.07, 6.45) is 5.56. The van der Waals surface area contributed by atoms with Crippen LogP contribution in [0.4, 0.5) is 4.79 Å². The first-order chi connectivity index (χ1) is 20.3. The maximum Gasteiger partial charge on any atom is 0.408 e. The summed E-state index contributed by atoms with van der Waals surface area (Å²) in [4.78, 5) is 43.6. The fourth-order valence-corrected chi connectivity index (χ4v) is 4.19. The molecule has 232 valence electrons. The lowest BCUT2D eigenvalue weighted by molar-refractivity contribution is -0.149. The van der Waals surface area contributed by atoms with Gasteiger partial charge in [-0.05, 0) is 77.6 Å². The number of hydrogen-bond acceptors (Lipinski definition) is 7. The van der Waals surface area contributed by atoms with Gasteiger partial charge in [-0.25, -0.2) is 14.6 Å². The largest absolute Gasteiger partial charge is 0.488 e. The van der Waals surface area contributed by atoms with Crippen molar-refractivity contribution in [2.75, 3.05) is 0 Å². The van der Waals surface area contributed by atoms with Crippen molar-refractivity contribution < 1.29 is 28.6 Å². The molecule has 0 spiro atoms. The van der Waals surface area contributed by atoms with Crippen molar-refractivity contribution in [2.45, 2.75) is 97.2 Å². The van der Waals surface area contributed by atoms with Crippen molar-refractivity contribution in [3.05, 3.63) is 84.4 Å². The van der Waals surface area contributed by atoms with E-state index in [2.05, 4.69) is 15.6 Å². The minimum absolute atomic E-state index is 0.0795. The van der Waals surface area contributed by atoms with Crippen molar-refractivity contribution in [3.63, 3.8) is 0 Å². The molecule has 0 aliphatic carbocycles. The zero-order valence-electron chi connectivity index (χ0n) is 26.0. The number of hydrogen-bond donors (Lipinski definition) is 2. The average Bonchev–Trinajstić information content (AvgIpc) is 3.44. The molecule has 0 fully saturated rings. The molecule has 10 heteroatoms. The molecule has 0 unspecified atom stereocenters. The lowest BCUT2D eigenvalue weighted by Gasteiger charge is -2.25. The molecule has 43 heavy (non-hydrogen) atoms. The minimum Gasteiger partial charge on any atom is -0.488 e.